The standard InChI is InChI=1S/C8H10BrNO5S2/c1-15-3-2-10-17(13,14)6-4-5(8(11)12)16-7(6)9/h4,10H,2-3H2,1H3,(H,11,12). The minimum Gasteiger partial charge on any atom is -0.477 e. The van der Waals surface area contributed by atoms with E-state index < -0.39 is 16.0 Å². The largest absolute Gasteiger partial charge is 0.477 e. The Kier molecular flexibility index (Phi) is 5.07. The van der Waals surface area contributed by atoms with Crippen LogP contribution in [0.2, 0.25) is 0 Å². The number of hydrogen-bond donors (Lipinski definition) is 2. The van der Waals surface area contributed by atoms with Crippen molar-refractivity contribution < 1.29 is 23.1 Å². The smallest absolute Gasteiger partial charge is 0.345 e. The van der Waals surface area contributed by atoms with E-state index in [0.717, 1.165) is 17.4 Å². The summed E-state index contributed by atoms with van der Waals surface area (Å²) >= 11 is 3.89. The summed E-state index contributed by atoms with van der Waals surface area (Å²) in [4.78, 5) is 10.6. The van der Waals surface area contributed by atoms with E-state index in [9.17, 15) is 13.2 Å². The highest BCUT2D eigenvalue weighted by atomic mass is 79.9. The van der Waals surface area contributed by atoms with Crippen LogP contribution in [-0.2, 0) is 14.8 Å². The van der Waals surface area contributed by atoms with E-state index in [4.69, 9.17) is 9.84 Å². The lowest BCUT2D eigenvalue weighted by Crippen LogP contribution is -2.27. The molecule has 0 radical (unpaired) electrons. The number of sulfonamides is 1. The van der Waals surface area contributed by atoms with E-state index in [2.05, 4.69) is 20.7 Å². The van der Waals surface area contributed by atoms with Gasteiger partial charge >= 0.3 is 5.97 Å². The van der Waals surface area contributed by atoms with Gasteiger partial charge in [-0.3, -0.25) is 0 Å². The van der Waals surface area contributed by atoms with Gasteiger partial charge in [0.1, 0.15) is 9.77 Å². The molecule has 1 heterocycles. The molecule has 0 atom stereocenters. The maximum absolute atomic E-state index is 11.8. The van der Waals surface area contributed by atoms with Crippen LogP contribution in [-0.4, -0.2) is 39.8 Å². The Hall–Kier alpha value is -0.480. The van der Waals surface area contributed by atoms with Gasteiger partial charge in [-0.2, -0.15) is 0 Å². The third kappa shape index (κ3) is 3.75. The maximum Gasteiger partial charge on any atom is 0.345 e. The summed E-state index contributed by atoms with van der Waals surface area (Å²) < 4.78 is 30.8. The minimum atomic E-state index is -3.71. The molecule has 0 unspecified atom stereocenters. The van der Waals surface area contributed by atoms with Gasteiger partial charge in [-0.1, -0.05) is 0 Å². The van der Waals surface area contributed by atoms with Gasteiger partial charge in [0.05, 0.1) is 10.4 Å². The average molecular weight is 344 g/mol. The predicted octanol–water partition coefficient (Wildman–Crippen LogP) is 1.13. The van der Waals surface area contributed by atoms with Crippen LogP contribution in [0, 0.1) is 0 Å². The maximum atomic E-state index is 11.8. The average Bonchev–Trinajstić information content (AvgIpc) is 2.61. The summed E-state index contributed by atoms with van der Waals surface area (Å²) in [6.07, 6.45) is 0. The molecule has 0 aliphatic carbocycles. The quantitative estimate of drug-likeness (QED) is 0.755. The Balaban J connectivity index is 2.95. The van der Waals surface area contributed by atoms with Gasteiger partial charge in [-0.05, 0) is 22.0 Å². The number of carboxylic acids is 1. The molecule has 0 fully saturated rings. The first-order chi connectivity index (χ1) is 7.88. The summed E-state index contributed by atoms with van der Waals surface area (Å²) in [6, 6.07) is 1.12. The third-order valence-corrected chi connectivity index (χ3v) is 5.46. The molecule has 0 aliphatic rings. The Morgan fingerprint density at radius 2 is 2.29 bits per heavy atom. The third-order valence-electron chi connectivity index (χ3n) is 1.75. The van der Waals surface area contributed by atoms with Crippen molar-refractivity contribution in [2.24, 2.45) is 0 Å². The molecule has 0 aromatic carbocycles. The highest BCUT2D eigenvalue weighted by molar-refractivity contribution is 9.11. The number of methoxy groups -OCH3 is 1. The number of hydrogen-bond acceptors (Lipinski definition) is 5. The Labute approximate surface area is 111 Å². The number of rotatable bonds is 6. The van der Waals surface area contributed by atoms with E-state index in [1.807, 2.05) is 0 Å². The predicted molar refractivity (Wildman–Crippen MR) is 66.0 cm³/mol. The van der Waals surface area contributed by atoms with Crippen LogP contribution in [0.15, 0.2) is 14.7 Å². The van der Waals surface area contributed by atoms with Gasteiger partial charge in [0.2, 0.25) is 10.0 Å². The van der Waals surface area contributed by atoms with Gasteiger partial charge in [0.25, 0.3) is 0 Å². The van der Waals surface area contributed by atoms with Gasteiger partial charge in [0, 0.05) is 13.7 Å². The molecule has 96 valence electrons. The molecule has 1 aromatic heterocycles. The normalized spacial score (nSPS) is 11.6. The molecule has 0 bridgehead atoms. The van der Waals surface area contributed by atoms with Crippen LogP contribution < -0.4 is 4.72 Å². The monoisotopic (exact) mass is 343 g/mol. The molecule has 1 rings (SSSR count). The molecule has 2 N–H and O–H groups in total. The highest BCUT2D eigenvalue weighted by Crippen LogP contribution is 2.31. The van der Waals surface area contributed by atoms with Crippen LogP contribution in [0.25, 0.3) is 0 Å². The van der Waals surface area contributed by atoms with Crippen LogP contribution in [0.1, 0.15) is 9.67 Å². The van der Waals surface area contributed by atoms with Gasteiger partial charge in [-0.15, -0.1) is 11.3 Å². The highest BCUT2D eigenvalue weighted by Gasteiger charge is 2.22. The molecule has 0 saturated heterocycles. The molecule has 1 aromatic rings. The van der Waals surface area contributed by atoms with Crippen molar-refractivity contribution in [3.8, 4) is 0 Å². The summed E-state index contributed by atoms with van der Waals surface area (Å²) in [5, 5.41) is 8.76. The zero-order valence-electron chi connectivity index (χ0n) is 8.77. The molecule has 0 saturated carbocycles. The lowest BCUT2D eigenvalue weighted by Gasteiger charge is -2.04. The first kappa shape index (κ1) is 14.6. The Morgan fingerprint density at radius 3 is 2.76 bits per heavy atom. The van der Waals surface area contributed by atoms with Gasteiger partial charge < -0.3 is 9.84 Å². The zero-order chi connectivity index (χ0) is 13.1. The van der Waals surface area contributed by atoms with Crippen molar-refractivity contribution in [2.45, 2.75) is 4.90 Å². The number of thiophene rings is 1. The SMILES string of the molecule is COCCNS(=O)(=O)c1cc(C(=O)O)sc1Br. The van der Waals surface area contributed by atoms with Crippen molar-refractivity contribution >= 4 is 43.3 Å². The molecule has 17 heavy (non-hydrogen) atoms. The Bertz CT molecular complexity index is 510. The van der Waals surface area contributed by atoms with Crippen molar-refractivity contribution in [2.75, 3.05) is 20.3 Å². The number of ether oxygens (including phenoxy) is 1. The van der Waals surface area contributed by atoms with Gasteiger partial charge in [-0.25, -0.2) is 17.9 Å². The van der Waals surface area contributed by atoms with Crippen LogP contribution in [0.4, 0.5) is 0 Å². The Morgan fingerprint density at radius 1 is 1.65 bits per heavy atom. The number of carbonyl (C=O) groups is 1. The minimum absolute atomic E-state index is 0.0380. The topological polar surface area (TPSA) is 92.7 Å². The second-order valence-electron chi connectivity index (χ2n) is 2.94. The summed E-state index contributed by atoms with van der Waals surface area (Å²) in [6.45, 7) is 0.371. The van der Waals surface area contributed by atoms with Crippen LogP contribution in [0.5, 0.6) is 0 Å². The number of halogens is 1. The van der Waals surface area contributed by atoms with E-state index in [-0.39, 0.29) is 26.7 Å². The van der Waals surface area contributed by atoms with Crippen molar-refractivity contribution in [1.82, 2.24) is 4.72 Å². The van der Waals surface area contributed by atoms with Crippen molar-refractivity contribution in [3.05, 3.63) is 14.7 Å². The second kappa shape index (κ2) is 5.91. The van der Waals surface area contributed by atoms with E-state index in [1.165, 1.54) is 7.11 Å². The van der Waals surface area contributed by atoms with Crippen LogP contribution >= 0.6 is 27.3 Å². The molecule has 6 nitrogen and oxygen atoms in total. The lowest BCUT2D eigenvalue weighted by atomic mass is 10.5. The van der Waals surface area contributed by atoms with E-state index >= 15 is 0 Å². The molecule has 0 spiro atoms. The molecule has 9 heteroatoms. The molecular weight excluding hydrogens is 334 g/mol. The van der Waals surface area contributed by atoms with Crippen molar-refractivity contribution in [1.29, 1.82) is 0 Å². The second-order valence-corrected chi connectivity index (χ2v) is 7.05. The van der Waals surface area contributed by atoms with Crippen LogP contribution in [0.3, 0.4) is 0 Å². The first-order valence-corrected chi connectivity index (χ1v) is 7.49. The lowest BCUT2D eigenvalue weighted by molar-refractivity contribution is 0.0702. The first-order valence-electron chi connectivity index (χ1n) is 4.39. The zero-order valence-corrected chi connectivity index (χ0v) is 12.0. The summed E-state index contributed by atoms with van der Waals surface area (Å²) in [5.74, 6) is -1.16. The fourth-order valence-corrected chi connectivity index (χ4v) is 4.41. The number of carboxylic acid groups (broad SMARTS) is 1. The van der Waals surface area contributed by atoms with E-state index in [1.54, 1.807) is 0 Å². The molecule has 0 aliphatic heterocycles. The fraction of sp³-hybridized carbons (Fsp3) is 0.375. The number of aromatic carboxylic acids is 1. The molecular formula is C8H10BrNO5S2. The summed E-state index contributed by atoms with van der Waals surface area (Å²) in [5.41, 5.74) is 0. The molecule has 0 amide bonds. The van der Waals surface area contributed by atoms with Gasteiger partial charge in [0.15, 0.2) is 0 Å². The fourth-order valence-electron chi connectivity index (χ4n) is 0.997. The van der Waals surface area contributed by atoms with E-state index in [0.29, 0.717) is 0 Å². The summed E-state index contributed by atoms with van der Waals surface area (Å²) in [7, 11) is -2.25. The number of nitrogens with one attached hydrogen (secondary N) is 1. The van der Waals surface area contributed by atoms with Crippen molar-refractivity contribution in [3.63, 3.8) is 0 Å².